The molecule has 1 aromatic rings. The maximum Gasteiger partial charge on any atom is 0.184 e. The average molecular weight is 325 g/mol. The minimum Gasteiger partial charge on any atom is -0.490 e. The molecule has 122 valence electrons. The molecule has 1 aliphatic rings. The predicted octanol–water partition coefficient (Wildman–Crippen LogP) is 6.64. The second-order valence-corrected chi connectivity index (χ2v) is 6.48. The van der Waals surface area contributed by atoms with Crippen molar-refractivity contribution in [1.29, 1.82) is 0 Å². The fraction of sp³-hybridized carbons (Fsp3) is 0.579. The third kappa shape index (κ3) is 4.25. The number of ether oxygens (including phenoxy) is 1. The SMILES string of the molecule is CCCCOc1ccc(C2=CCC(CCC)CC2)c(Cl)c1F. The summed E-state index contributed by atoms with van der Waals surface area (Å²) in [6, 6.07) is 3.61. The molecular weight excluding hydrogens is 299 g/mol. The van der Waals surface area contributed by atoms with Crippen molar-refractivity contribution >= 4 is 17.2 Å². The normalized spacial score (nSPS) is 18.2. The van der Waals surface area contributed by atoms with Crippen molar-refractivity contribution in [3.8, 4) is 5.75 Å². The lowest BCUT2D eigenvalue weighted by Crippen LogP contribution is -2.06. The Balaban J connectivity index is 2.11. The molecule has 0 bridgehead atoms. The number of hydrogen-bond acceptors (Lipinski definition) is 1. The van der Waals surface area contributed by atoms with Crippen molar-refractivity contribution in [2.24, 2.45) is 5.92 Å². The van der Waals surface area contributed by atoms with Gasteiger partial charge in [-0.3, -0.25) is 0 Å². The van der Waals surface area contributed by atoms with E-state index in [1.165, 1.54) is 24.8 Å². The van der Waals surface area contributed by atoms with E-state index in [4.69, 9.17) is 16.3 Å². The molecule has 2 rings (SSSR count). The maximum absolute atomic E-state index is 14.4. The van der Waals surface area contributed by atoms with E-state index in [9.17, 15) is 4.39 Å². The summed E-state index contributed by atoms with van der Waals surface area (Å²) in [6.07, 6.45) is 9.93. The van der Waals surface area contributed by atoms with Crippen LogP contribution in [0.25, 0.3) is 5.57 Å². The third-order valence-corrected chi connectivity index (χ3v) is 4.73. The van der Waals surface area contributed by atoms with E-state index in [1.54, 1.807) is 6.07 Å². The van der Waals surface area contributed by atoms with Crippen molar-refractivity contribution in [2.75, 3.05) is 6.61 Å². The number of rotatable bonds is 7. The molecule has 0 aliphatic heterocycles. The molecule has 0 N–H and O–H groups in total. The van der Waals surface area contributed by atoms with Crippen LogP contribution in [0, 0.1) is 11.7 Å². The first-order chi connectivity index (χ1) is 10.7. The van der Waals surface area contributed by atoms with Crippen molar-refractivity contribution in [2.45, 2.75) is 58.8 Å². The highest BCUT2D eigenvalue weighted by molar-refractivity contribution is 6.32. The summed E-state index contributed by atoms with van der Waals surface area (Å²) in [7, 11) is 0. The second-order valence-electron chi connectivity index (χ2n) is 6.10. The van der Waals surface area contributed by atoms with Crippen LogP contribution in [-0.4, -0.2) is 6.61 Å². The quantitative estimate of drug-likeness (QED) is 0.511. The molecule has 0 amide bonds. The molecule has 22 heavy (non-hydrogen) atoms. The summed E-state index contributed by atoms with van der Waals surface area (Å²) in [4.78, 5) is 0. The lowest BCUT2D eigenvalue weighted by Gasteiger charge is -2.22. The van der Waals surface area contributed by atoms with Gasteiger partial charge in [-0.1, -0.05) is 50.8 Å². The highest BCUT2D eigenvalue weighted by Gasteiger charge is 2.19. The van der Waals surface area contributed by atoms with Gasteiger partial charge in [0.25, 0.3) is 0 Å². The molecule has 1 aromatic carbocycles. The Labute approximate surface area is 138 Å². The average Bonchev–Trinajstić information content (AvgIpc) is 2.53. The maximum atomic E-state index is 14.4. The Morgan fingerprint density at radius 2 is 2.09 bits per heavy atom. The van der Waals surface area contributed by atoms with Gasteiger partial charge in [0.15, 0.2) is 11.6 Å². The van der Waals surface area contributed by atoms with Crippen molar-refractivity contribution in [3.63, 3.8) is 0 Å². The highest BCUT2D eigenvalue weighted by Crippen LogP contribution is 2.38. The first-order valence-electron chi connectivity index (χ1n) is 8.47. The van der Waals surface area contributed by atoms with Gasteiger partial charge < -0.3 is 4.74 Å². The molecule has 0 spiro atoms. The molecule has 3 heteroatoms. The van der Waals surface area contributed by atoms with Crippen LogP contribution < -0.4 is 4.74 Å². The topological polar surface area (TPSA) is 9.23 Å². The van der Waals surface area contributed by atoms with Gasteiger partial charge in [-0.2, -0.15) is 0 Å². The van der Waals surface area contributed by atoms with E-state index in [0.717, 1.165) is 37.2 Å². The molecule has 0 aromatic heterocycles. The zero-order valence-electron chi connectivity index (χ0n) is 13.6. The van der Waals surface area contributed by atoms with E-state index in [-0.39, 0.29) is 10.8 Å². The lowest BCUT2D eigenvalue weighted by molar-refractivity contribution is 0.294. The van der Waals surface area contributed by atoms with Crippen LogP contribution in [0.2, 0.25) is 5.02 Å². The van der Waals surface area contributed by atoms with E-state index >= 15 is 0 Å². The monoisotopic (exact) mass is 324 g/mol. The van der Waals surface area contributed by atoms with Crippen molar-refractivity contribution in [1.82, 2.24) is 0 Å². The minimum absolute atomic E-state index is 0.203. The van der Waals surface area contributed by atoms with Gasteiger partial charge in [0.2, 0.25) is 0 Å². The number of allylic oxidation sites excluding steroid dienone is 2. The standard InChI is InChI=1S/C19H26ClFO/c1-3-5-13-22-17-12-11-16(18(20)19(17)21)15-9-7-14(6-4-2)8-10-15/h9,11-12,14H,3-8,10,13H2,1-2H3. The smallest absolute Gasteiger partial charge is 0.184 e. The molecular formula is C19H26ClFO. The summed E-state index contributed by atoms with van der Waals surface area (Å²) in [6.45, 7) is 4.84. The van der Waals surface area contributed by atoms with Crippen LogP contribution in [0.5, 0.6) is 5.75 Å². The van der Waals surface area contributed by atoms with E-state index in [2.05, 4.69) is 19.9 Å². The van der Waals surface area contributed by atoms with Crippen molar-refractivity contribution in [3.05, 3.63) is 34.6 Å². The molecule has 0 radical (unpaired) electrons. The Kier molecular flexibility index (Phi) is 6.75. The number of benzene rings is 1. The summed E-state index contributed by atoms with van der Waals surface area (Å²) in [5, 5.41) is 0.203. The van der Waals surface area contributed by atoms with Gasteiger partial charge in [-0.05, 0) is 54.9 Å². The number of unbranched alkanes of at least 4 members (excludes halogenated alkanes) is 1. The zero-order valence-corrected chi connectivity index (χ0v) is 14.4. The summed E-state index contributed by atoms with van der Waals surface area (Å²) in [5.74, 6) is 0.614. The number of halogens is 2. The Morgan fingerprint density at radius 1 is 1.27 bits per heavy atom. The summed E-state index contributed by atoms with van der Waals surface area (Å²) in [5.41, 5.74) is 2.01. The summed E-state index contributed by atoms with van der Waals surface area (Å²) >= 11 is 6.25. The van der Waals surface area contributed by atoms with Gasteiger partial charge in [0.05, 0.1) is 11.6 Å². The summed E-state index contributed by atoms with van der Waals surface area (Å²) < 4.78 is 19.8. The third-order valence-electron chi connectivity index (χ3n) is 4.36. The van der Waals surface area contributed by atoms with Crippen molar-refractivity contribution < 1.29 is 9.13 Å². The van der Waals surface area contributed by atoms with E-state index in [1.807, 2.05) is 6.07 Å². The predicted molar refractivity (Wildman–Crippen MR) is 92.0 cm³/mol. The van der Waals surface area contributed by atoms with Crippen LogP contribution in [0.4, 0.5) is 4.39 Å². The van der Waals surface area contributed by atoms with Crippen LogP contribution in [0.15, 0.2) is 18.2 Å². The number of hydrogen-bond donors (Lipinski definition) is 0. The fourth-order valence-corrected chi connectivity index (χ4v) is 3.30. The van der Waals surface area contributed by atoms with Crippen LogP contribution in [-0.2, 0) is 0 Å². The highest BCUT2D eigenvalue weighted by atomic mass is 35.5. The second kappa shape index (κ2) is 8.57. The Bertz CT molecular complexity index is 524. The van der Waals surface area contributed by atoms with Crippen LogP contribution >= 0.6 is 11.6 Å². The van der Waals surface area contributed by atoms with Gasteiger partial charge in [-0.15, -0.1) is 0 Å². The lowest BCUT2D eigenvalue weighted by atomic mass is 9.84. The first-order valence-corrected chi connectivity index (χ1v) is 8.85. The van der Waals surface area contributed by atoms with E-state index < -0.39 is 5.82 Å². The molecule has 1 aliphatic carbocycles. The molecule has 0 saturated heterocycles. The molecule has 0 heterocycles. The van der Waals surface area contributed by atoms with Gasteiger partial charge in [0, 0.05) is 0 Å². The largest absolute Gasteiger partial charge is 0.490 e. The van der Waals surface area contributed by atoms with Gasteiger partial charge in [0.1, 0.15) is 0 Å². The first kappa shape index (κ1) is 17.3. The molecule has 1 unspecified atom stereocenters. The minimum atomic E-state index is -0.424. The van der Waals surface area contributed by atoms with Gasteiger partial charge >= 0.3 is 0 Å². The zero-order chi connectivity index (χ0) is 15.9. The molecule has 0 fully saturated rings. The Hall–Kier alpha value is -1.02. The van der Waals surface area contributed by atoms with Crippen LogP contribution in [0.1, 0.15) is 64.4 Å². The molecule has 0 saturated carbocycles. The molecule has 1 nitrogen and oxygen atoms in total. The van der Waals surface area contributed by atoms with Gasteiger partial charge in [-0.25, -0.2) is 4.39 Å². The Morgan fingerprint density at radius 3 is 2.73 bits per heavy atom. The van der Waals surface area contributed by atoms with E-state index in [0.29, 0.717) is 6.61 Å². The van der Waals surface area contributed by atoms with Crippen LogP contribution in [0.3, 0.4) is 0 Å². The molecule has 1 atom stereocenters. The fourth-order valence-electron chi connectivity index (χ4n) is 3.02.